The van der Waals surface area contributed by atoms with Crippen LogP contribution in [0.25, 0.3) is 0 Å². The molecule has 0 aromatic heterocycles. The highest BCUT2D eigenvalue weighted by atomic mass is 79.9. The van der Waals surface area contributed by atoms with Crippen LogP contribution in [0.15, 0.2) is 33.6 Å². The molecule has 0 aliphatic heterocycles. The molecule has 0 bridgehead atoms. The van der Waals surface area contributed by atoms with E-state index >= 15 is 0 Å². The maximum atomic E-state index is 10.7. The highest BCUT2D eigenvalue weighted by Gasteiger charge is 1.96. The number of hydrogen-bond donors (Lipinski definition) is 0. The van der Waals surface area contributed by atoms with Crippen molar-refractivity contribution < 1.29 is 4.79 Å². The molecule has 70 valence electrons. The second-order valence-corrected chi connectivity index (χ2v) is 4.84. The monoisotopic (exact) mass is 258 g/mol. The molecule has 0 spiro atoms. The van der Waals surface area contributed by atoms with Gasteiger partial charge in [0.15, 0.2) is 0 Å². The molecule has 0 aliphatic rings. The van der Waals surface area contributed by atoms with E-state index in [9.17, 15) is 4.79 Å². The molecule has 1 aromatic carbocycles. The van der Waals surface area contributed by atoms with E-state index in [1.165, 1.54) is 4.90 Å². The van der Waals surface area contributed by atoms with Gasteiger partial charge in [-0.3, -0.25) is 4.79 Å². The van der Waals surface area contributed by atoms with Gasteiger partial charge in [0.05, 0.1) is 0 Å². The number of ketones is 1. The van der Waals surface area contributed by atoms with Crippen molar-refractivity contribution in [3.8, 4) is 0 Å². The van der Waals surface area contributed by atoms with Crippen LogP contribution in [0.3, 0.4) is 0 Å². The molecule has 13 heavy (non-hydrogen) atoms. The largest absolute Gasteiger partial charge is 0.300 e. The lowest BCUT2D eigenvalue weighted by molar-refractivity contribution is -0.116. The van der Waals surface area contributed by atoms with Crippen LogP contribution in [-0.2, 0) is 4.79 Å². The molecule has 0 amide bonds. The van der Waals surface area contributed by atoms with Crippen molar-refractivity contribution in [2.24, 2.45) is 0 Å². The van der Waals surface area contributed by atoms with Crippen LogP contribution in [0.5, 0.6) is 0 Å². The van der Waals surface area contributed by atoms with Crippen LogP contribution in [0, 0.1) is 0 Å². The van der Waals surface area contributed by atoms with Gasteiger partial charge in [0.25, 0.3) is 0 Å². The first-order chi connectivity index (χ1) is 6.18. The van der Waals surface area contributed by atoms with E-state index in [-0.39, 0.29) is 5.78 Å². The van der Waals surface area contributed by atoms with Crippen LogP contribution in [0.2, 0.25) is 0 Å². The van der Waals surface area contributed by atoms with E-state index in [0.29, 0.717) is 6.42 Å². The average Bonchev–Trinajstić information content (AvgIpc) is 2.03. The minimum atomic E-state index is 0.252. The van der Waals surface area contributed by atoms with Crippen molar-refractivity contribution in [1.29, 1.82) is 0 Å². The van der Waals surface area contributed by atoms with E-state index in [1.54, 1.807) is 18.7 Å². The van der Waals surface area contributed by atoms with Crippen LogP contribution in [0.1, 0.15) is 13.3 Å². The molecule has 1 aromatic rings. The molecule has 0 aliphatic carbocycles. The van der Waals surface area contributed by atoms with Gasteiger partial charge in [-0.05, 0) is 25.1 Å². The summed E-state index contributed by atoms with van der Waals surface area (Å²) < 4.78 is 1.08. The highest BCUT2D eigenvalue weighted by molar-refractivity contribution is 9.10. The third kappa shape index (κ3) is 4.48. The molecule has 0 heterocycles. The van der Waals surface area contributed by atoms with E-state index < -0.39 is 0 Å². The summed E-state index contributed by atoms with van der Waals surface area (Å²) in [5.41, 5.74) is 0. The van der Waals surface area contributed by atoms with E-state index in [4.69, 9.17) is 0 Å². The fourth-order valence-electron chi connectivity index (χ4n) is 0.869. The van der Waals surface area contributed by atoms with Crippen LogP contribution in [-0.4, -0.2) is 11.5 Å². The number of carbonyl (C=O) groups is 1. The summed E-state index contributed by atoms with van der Waals surface area (Å²) in [6.07, 6.45) is 0.650. The number of halogens is 1. The maximum absolute atomic E-state index is 10.7. The maximum Gasteiger partial charge on any atom is 0.130 e. The fourth-order valence-corrected chi connectivity index (χ4v) is 2.43. The summed E-state index contributed by atoms with van der Waals surface area (Å²) in [5.74, 6) is 1.12. The van der Waals surface area contributed by atoms with Crippen molar-refractivity contribution in [3.63, 3.8) is 0 Å². The summed E-state index contributed by atoms with van der Waals surface area (Å²) in [6, 6.07) is 8.11. The van der Waals surface area contributed by atoms with Gasteiger partial charge in [-0.2, -0.15) is 0 Å². The predicted octanol–water partition coefficient (Wildman–Crippen LogP) is 3.52. The zero-order valence-corrected chi connectivity index (χ0v) is 9.82. The molecular formula is C10H11BrOS. The Morgan fingerprint density at radius 2 is 2.31 bits per heavy atom. The van der Waals surface area contributed by atoms with Gasteiger partial charge in [-0.1, -0.05) is 22.0 Å². The molecule has 0 saturated heterocycles. The lowest BCUT2D eigenvalue weighted by Gasteiger charge is -1.99. The summed E-state index contributed by atoms with van der Waals surface area (Å²) in [5, 5.41) is 0. The SMILES string of the molecule is CC(=O)CCSc1cccc(Br)c1. The van der Waals surface area contributed by atoms with Crippen molar-refractivity contribution in [2.45, 2.75) is 18.2 Å². The van der Waals surface area contributed by atoms with Crippen LogP contribution >= 0.6 is 27.7 Å². The molecule has 0 saturated carbocycles. The fraction of sp³-hybridized carbons (Fsp3) is 0.300. The number of carbonyl (C=O) groups excluding carboxylic acids is 1. The van der Waals surface area contributed by atoms with E-state index in [0.717, 1.165) is 10.2 Å². The van der Waals surface area contributed by atoms with E-state index in [1.807, 2.05) is 12.1 Å². The second-order valence-electron chi connectivity index (χ2n) is 2.76. The molecule has 0 unspecified atom stereocenters. The Morgan fingerprint density at radius 3 is 2.92 bits per heavy atom. The van der Waals surface area contributed by atoms with Crippen molar-refractivity contribution in [3.05, 3.63) is 28.7 Å². The third-order valence-corrected chi connectivity index (χ3v) is 3.01. The van der Waals surface area contributed by atoms with Crippen LogP contribution in [0.4, 0.5) is 0 Å². The first-order valence-corrected chi connectivity index (χ1v) is 5.84. The van der Waals surface area contributed by atoms with E-state index in [2.05, 4.69) is 28.1 Å². The van der Waals surface area contributed by atoms with Gasteiger partial charge in [0.1, 0.15) is 5.78 Å². The molecule has 1 rings (SSSR count). The summed E-state index contributed by atoms with van der Waals surface area (Å²) in [6.45, 7) is 1.63. The van der Waals surface area contributed by atoms with Crippen molar-refractivity contribution in [1.82, 2.24) is 0 Å². The topological polar surface area (TPSA) is 17.1 Å². The quantitative estimate of drug-likeness (QED) is 0.769. The number of rotatable bonds is 4. The zero-order valence-electron chi connectivity index (χ0n) is 7.42. The molecule has 0 N–H and O–H groups in total. The number of benzene rings is 1. The molecule has 0 fully saturated rings. The Morgan fingerprint density at radius 1 is 1.54 bits per heavy atom. The first kappa shape index (κ1) is 10.8. The summed E-state index contributed by atoms with van der Waals surface area (Å²) in [4.78, 5) is 11.9. The zero-order chi connectivity index (χ0) is 9.68. The second kappa shape index (κ2) is 5.45. The van der Waals surface area contributed by atoms with Gasteiger partial charge < -0.3 is 0 Å². The normalized spacial score (nSPS) is 10.0. The molecule has 3 heteroatoms. The average molecular weight is 259 g/mol. The smallest absolute Gasteiger partial charge is 0.130 e. The number of thioether (sulfide) groups is 1. The van der Waals surface area contributed by atoms with Gasteiger partial charge in [-0.15, -0.1) is 11.8 Å². The minimum absolute atomic E-state index is 0.252. The van der Waals surface area contributed by atoms with Crippen molar-refractivity contribution >= 4 is 33.5 Å². The Labute approximate surface area is 91.0 Å². The standard InChI is InChI=1S/C10H11BrOS/c1-8(12)5-6-13-10-4-2-3-9(11)7-10/h2-4,7H,5-6H2,1H3. The van der Waals surface area contributed by atoms with Gasteiger partial charge in [0, 0.05) is 21.5 Å². The number of Topliss-reactive ketones (excluding diaryl/α,β-unsaturated/α-hetero) is 1. The molecule has 0 radical (unpaired) electrons. The van der Waals surface area contributed by atoms with Crippen LogP contribution < -0.4 is 0 Å². The Bertz CT molecular complexity index is 299. The Hall–Kier alpha value is -0.280. The van der Waals surface area contributed by atoms with Gasteiger partial charge >= 0.3 is 0 Å². The minimum Gasteiger partial charge on any atom is -0.300 e. The summed E-state index contributed by atoms with van der Waals surface area (Å²) in [7, 11) is 0. The first-order valence-electron chi connectivity index (χ1n) is 4.06. The lowest BCUT2D eigenvalue weighted by atomic mass is 10.4. The molecule has 0 atom stereocenters. The predicted molar refractivity (Wildman–Crippen MR) is 60.2 cm³/mol. The highest BCUT2D eigenvalue weighted by Crippen LogP contribution is 2.22. The Balaban J connectivity index is 2.41. The molecule has 1 nitrogen and oxygen atoms in total. The van der Waals surface area contributed by atoms with Gasteiger partial charge in [0.2, 0.25) is 0 Å². The lowest BCUT2D eigenvalue weighted by Crippen LogP contribution is -1.91. The summed E-state index contributed by atoms with van der Waals surface area (Å²) >= 11 is 5.11. The number of hydrogen-bond acceptors (Lipinski definition) is 2. The van der Waals surface area contributed by atoms with Gasteiger partial charge in [-0.25, -0.2) is 0 Å². The Kier molecular flexibility index (Phi) is 4.53. The van der Waals surface area contributed by atoms with Crippen molar-refractivity contribution in [2.75, 3.05) is 5.75 Å². The molecular weight excluding hydrogens is 248 g/mol. The third-order valence-electron chi connectivity index (χ3n) is 1.52.